The summed E-state index contributed by atoms with van der Waals surface area (Å²) in [4.78, 5) is 22.8. The van der Waals surface area contributed by atoms with Crippen LogP contribution in [0.5, 0.6) is 0 Å². The zero-order valence-electron chi connectivity index (χ0n) is 10.1. The van der Waals surface area contributed by atoms with Gasteiger partial charge in [0.2, 0.25) is 5.91 Å². The Hall–Kier alpha value is -1.37. The molecule has 0 aromatic carbocycles. The van der Waals surface area contributed by atoms with Crippen LogP contribution in [0.25, 0.3) is 0 Å². The molecule has 2 rings (SSSR count). The van der Waals surface area contributed by atoms with Crippen molar-refractivity contribution in [3.63, 3.8) is 0 Å². The Balaban J connectivity index is 1.99. The molecule has 2 N–H and O–H groups in total. The van der Waals surface area contributed by atoms with E-state index in [1.165, 1.54) is 6.08 Å². The van der Waals surface area contributed by atoms with Crippen LogP contribution in [0, 0.1) is 17.3 Å². The van der Waals surface area contributed by atoms with Gasteiger partial charge in [-0.2, -0.15) is 0 Å². The van der Waals surface area contributed by atoms with Gasteiger partial charge in [0, 0.05) is 5.41 Å². The molecule has 3 atom stereocenters. The number of aliphatic carboxylic acids is 1. The lowest BCUT2D eigenvalue weighted by Crippen LogP contribution is -2.37. The fourth-order valence-corrected chi connectivity index (χ4v) is 3.76. The highest BCUT2D eigenvalue weighted by atomic mass is 32.2. The zero-order valence-corrected chi connectivity index (χ0v) is 10.9. The summed E-state index contributed by atoms with van der Waals surface area (Å²) in [5.74, 6) is -2.82. The summed E-state index contributed by atoms with van der Waals surface area (Å²) in [6.45, 7) is 3.44. The maximum absolute atomic E-state index is 11.9. The summed E-state index contributed by atoms with van der Waals surface area (Å²) in [6, 6.07) is -0.548. The van der Waals surface area contributed by atoms with E-state index < -0.39 is 39.1 Å². The van der Waals surface area contributed by atoms with Gasteiger partial charge in [0.1, 0.15) is 0 Å². The third-order valence-corrected chi connectivity index (χ3v) is 5.03. The maximum Gasteiger partial charge on any atom is 0.307 e. The number of rotatable bonds is 3. The Kier molecular flexibility index (Phi) is 2.77. The van der Waals surface area contributed by atoms with Crippen molar-refractivity contribution in [3.8, 4) is 0 Å². The van der Waals surface area contributed by atoms with E-state index in [-0.39, 0.29) is 11.7 Å². The molecule has 6 nitrogen and oxygen atoms in total. The van der Waals surface area contributed by atoms with Crippen LogP contribution >= 0.6 is 0 Å². The average molecular weight is 273 g/mol. The van der Waals surface area contributed by atoms with Gasteiger partial charge in [0.25, 0.3) is 0 Å². The monoisotopic (exact) mass is 273 g/mol. The Labute approximate surface area is 105 Å². The molecule has 1 heterocycles. The van der Waals surface area contributed by atoms with Gasteiger partial charge in [-0.15, -0.1) is 0 Å². The lowest BCUT2D eigenvalue weighted by atomic mass is 10.1. The highest BCUT2D eigenvalue weighted by Crippen LogP contribution is 2.58. The number of hydrogen-bond acceptors (Lipinski definition) is 4. The van der Waals surface area contributed by atoms with Gasteiger partial charge in [-0.3, -0.25) is 9.59 Å². The summed E-state index contributed by atoms with van der Waals surface area (Å²) in [5, 5.41) is 12.6. The smallest absolute Gasteiger partial charge is 0.307 e. The fraction of sp³-hybridized carbons (Fsp3) is 0.636. The number of carboxylic acid groups (broad SMARTS) is 1. The summed E-state index contributed by atoms with van der Waals surface area (Å²) in [5.41, 5.74) is -0.572. The first kappa shape index (κ1) is 13.1. The molecule has 3 unspecified atom stereocenters. The van der Waals surface area contributed by atoms with E-state index in [0.29, 0.717) is 0 Å². The quantitative estimate of drug-likeness (QED) is 0.739. The van der Waals surface area contributed by atoms with E-state index >= 15 is 0 Å². The molecule has 0 bridgehead atoms. The minimum atomic E-state index is -3.22. The first-order valence-corrected chi connectivity index (χ1v) is 7.31. The van der Waals surface area contributed by atoms with Crippen molar-refractivity contribution in [1.29, 1.82) is 0 Å². The average Bonchev–Trinajstić information content (AvgIpc) is 2.62. The third-order valence-electron chi connectivity index (χ3n) is 3.63. The molecule has 1 fully saturated rings. The molecule has 7 heteroatoms. The Morgan fingerprint density at radius 2 is 1.94 bits per heavy atom. The van der Waals surface area contributed by atoms with Crippen LogP contribution in [0.2, 0.25) is 0 Å². The number of carbonyl (C=O) groups is 2. The third kappa shape index (κ3) is 2.14. The number of nitrogens with one attached hydrogen (secondary N) is 1. The van der Waals surface area contributed by atoms with Gasteiger partial charge in [-0.1, -0.05) is 13.8 Å². The van der Waals surface area contributed by atoms with Crippen molar-refractivity contribution in [3.05, 3.63) is 11.5 Å². The molecule has 0 spiro atoms. The first-order chi connectivity index (χ1) is 8.15. The van der Waals surface area contributed by atoms with E-state index in [9.17, 15) is 18.0 Å². The molecule has 100 valence electrons. The molecular formula is C11H15NO5S. The largest absolute Gasteiger partial charge is 0.481 e. The van der Waals surface area contributed by atoms with E-state index in [2.05, 4.69) is 5.32 Å². The molecular weight excluding hydrogens is 258 g/mol. The van der Waals surface area contributed by atoms with Gasteiger partial charge < -0.3 is 10.4 Å². The second-order valence-corrected chi connectivity index (χ2v) is 7.32. The first-order valence-electron chi connectivity index (χ1n) is 5.59. The van der Waals surface area contributed by atoms with Crippen molar-refractivity contribution < 1.29 is 23.1 Å². The van der Waals surface area contributed by atoms with Crippen LogP contribution in [-0.2, 0) is 19.4 Å². The lowest BCUT2D eigenvalue weighted by molar-refractivity contribution is -0.140. The number of carbonyl (C=O) groups excluding carboxylic acids is 1. The summed E-state index contributed by atoms with van der Waals surface area (Å²) >= 11 is 0. The molecule has 1 aliphatic heterocycles. The molecule has 2 aliphatic rings. The molecule has 0 aromatic heterocycles. The maximum atomic E-state index is 11.9. The topological polar surface area (TPSA) is 101 Å². The number of amides is 1. The van der Waals surface area contributed by atoms with E-state index in [1.54, 1.807) is 13.8 Å². The van der Waals surface area contributed by atoms with Gasteiger partial charge in [0.15, 0.2) is 9.84 Å². The summed E-state index contributed by atoms with van der Waals surface area (Å²) in [7, 11) is -3.22. The van der Waals surface area contributed by atoms with E-state index in [4.69, 9.17) is 5.11 Å². The van der Waals surface area contributed by atoms with Gasteiger partial charge >= 0.3 is 5.97 Å². The molecule has 18 heavy (non-hydrogen) atoms. The van der Waals surface area contributed by atoms with Crippen molar-refractivity contribution in [2.45, 2.75) is 19.9 Å². The van der Waals surface area contributed by atoms with Crippen molar-refractivity contribution in [2.75, 3.05) is 5.75 Å². The zero-order chi connectivity index (χ0) is 13.7. The van der Waals surface area contributed by atoms with Crippen LogP contribution < -0.4 is 5.32 Å². The van der Waals surface area contributed by atoms with Crippen molar-refractivity contribution >= 4 is 21.7 Å². The SMILES string of the molecule is CC1(C)C(C(=O)O)C1C(=O)NC1C=CS(=O)(=O)C1. The summed E-state index contributed by atoms with van der Waals surface area (Å²) < 4.78 is 22.4. The highest BCUT2D eigenvalue weighted by Gasteiger charge is 2.66. The predicted molar refractivity (Wildman–Crippen MR) is 63.3 cm³/mol. The van der Waals surface area contributed by atoms with Gasteiger partial charge in [0.05, 0.1) is 23.6 Å². The molecule has 0 saturated heterocycles. The number of sulfone groups is 1. The van der Waals surface area contributed by atoms with Crippen molar-refractivity contribution in [2.24, 2.45) is 17.3 Å². The normalized spacial score (nSPS) is 35.1. The summed E-state index contributed by atoms with van der Waals surface area (Å²) in [6.07, 6.45) is 1.42. The predicted octanol–water partition coefficient (Wildman–Crippen LogP) is -0.230. The van der Waals surface area contributed by atoms with Gasteiger partial charge in [-0.05, 0) is 11.5 Å². The molecule has 1 saturated carbocycles. The highest BCUT2D eigenvalue weighted by molar-refractivity contribution is 7.94. The van der Waals surface area contributed by atoms with Crippen LogP contribution in [0.1, 0.15) is 13.8 Å². The fourth-order valence-electron chi connectivity index (χ4n) is 2.53. The molecule has 1 amide bonds. The Morgan fingerprint density at radius 3 is 2.33 bits per heavy atom. The van der Waals surface area contributed by atoms with Crippen LogP contribution in [-0.4, -0.2) is 37.2 Å². The standard InChI is InChI=1S/C11H15NO5S/c1-11(2)7(8(11)10(14)15)9(13)12-6-3-4-18(16,17)5-6/h3-4,6-8H,5H2,1-2H3,(H,12,13)(H,14,15). The lowest BCUT2D eigenvalue weighted by Gasteiger charge is -2.10. The number of carboxylic acids is 1. The Bertz CT molecular complexity index is 534. The van der Waals surface area contributed by atoms with Crippen LogP contribution in [0.15, 0.2) is 11.5 Å². The van der Waals surface area contributed by atoms with Crippen LogP contribution in [0.3, 0.4) is 0 Å². The second kappa shape index (κ2) is 3.81. The van der Waals surface area contributed by atoms with Crippen LogP contribution in [0.4, 0.5) is 0 Å². The minimum absolute atomic E-state index is 0.149. The number of hydrogen-bond donors (Lipinski definition) is 2. The van der Waals surface area contributed by atoms with Crippen molar-refractivity contribution in [1.82, 2.24) is 5.32 Å². The molecule has 0 radical (unpaired) electrons. The Morgan fingerprint density at radius 1 is 1.33 bits per heavy atom. The second-order valence-electron chi connectivity index (χ2n) is 5.39. The van der Waals surface area contributed by atoms with E-state index in [0.717, 1.165) is 5.41 Å². The van der Waals surface area contributed by atoms with E-state index in [1.807, 2.05) is 0 Å². The molecule has 0 aromatic rings. The minimum Gasteiger partial charge on any atom is -0.481 e. The molecule has 1 aliphatic carbocycles. The van der Waals surface area contributed by atoms with Gasteiger partial charge in [-0.25, -0.2) is 8.42 Å².